The molecule has 0 aromatic heterocycles. The summed E-state index contributed by atoms with van der Waals surface area (Å²) in [7, 11) is 0. The first-order chi connectivity index (χ1) is 3.71. The van der Waals surface area contributed by atoms with Gasteiger partial charge in [-0.05, 0) is 0 Å². The zero-order chi connectivity index (χ0) is 7.71. The van der Waals surface area contributed by atoms with Crippen LogP contribution in [0.5, 0.6) is 0 Å². The van der Waals surface area contributed by atoms with E-state index in [1.54, 1.807) is 0 Å². The molecule has 0 aliphatic heterocycles. The van der Waals surface area contributed by atoms with E-state index in [2.05, 4.69) is 2.84 Å². The normalized spacial score (nSPS) is 12.2. The summed E-state index contributed by atoms with van der Waals surface area (Å²) in [5.41, 5.74) is 0. The van der Waals surface area contributed by atoms with Crippen molar-refractivity contribution >= 4 is 0 Å². The minimum atomic E-state index is -5.76. The predicted octanol–water partition coefficient (Wildman–Crippen LogP) is -1.67. The van der Waals surface area contributed by atoms with E-state index >= 15 is 0 Å². The van der Waals surface area contributed by atoms with Gasteiger partial charge >= 0.3 is 53.6 Å². The second kappa shape index (κ2) is 4.18. The van der Waals surface area contributed by atoms with Gasteiger partial charge in [0.05, 0.1) is 0 Å². The van der Waals surface area contributed by atoms with Crippen molar-refractivity contribution in [3.05, 3.63) is 0 Å². The molecule has 7 nitrogen and oxygen atoms in total. The molecule has 0 unspecified atom stereocenters. The molecule has 0 atom stereocenters. The van der Waals surface area contributed by atoms with Crippen molar-refractivity contribution in [2.45, 2.75) is 0 Å². The summed E-state index contributed by atoms with van der Waals surface area (Å²) in [6.07, 6.45) is 0. The SMILES string of the molecule is [Cd].[O]=[Cr](=[O])([OH])[O][Cr](=[O])(=[O])[OH]. The van der Waals surface area contributed by atoms with Crippen molar-refractivity contribution in [2.75, 3.05) is 0 Å². The van der Waals surface area contributed by atoms with Gasteiger partial charge in [0.2, 0.25) is 0 Å². The fourth-order valence-electron chi connectivity index (χ4n) is 0.109. The van der Waals surface area contributed by atoms with Crippen molar-refractivity contribution < 1.29 is 80.9 Å². The summed E-state index contributed by atoms with van der Waals surface area (Å²) >= 11 is -11.5. The van der Waals surface area contributed by atoms with Crippen LogP contribution in [0.3, 0.4) is 0 Å². The third-order valence-electron chi connectivity index (χ3n) is 0.172. The quantitative estimate of drug-likeness (QED) is 0.581. The molecule has 0 aliphatic rings. The van der Waals surface area contributed by atoms with Crippen LogP contribution in [-0.4, -0.2) is 8.32 Å². The van der Waals surface area contributed by atoms with Crippen LogP contribution in [0.25, 0.3) is 0 Å². The predicted molar refractivity (Wildman–Crippen MR) is 8.27 cm³/mol. The van der Waals surface area contributed by atoms with Crippen molar-refractivity contribution in [3.8, 4) is 0 Å². The van der Waals surface area contributed by atoms with E-state index in [1.165, 1.54) is 0 Å². The Kier molecular flexibility index (Phi) is 5.71. The van der Waals surface area contributed by atoms with Gasteiger partial charge in [0.1, 0.15) is 0 Å². The molecule has 0 saturated carbocycles. The van der Waals surface area contributed by atoms with Gasteiger partial charge in [-0.2, -0.15) is 0 Å². The topological polar surface area (TPSA) is 118 Å². The second-order valence-electron chi connectivity index (χ2n) is 0.924. The summed E-state index contributed by atoms with van der Waals surface area (Å²) in [5.74, 6) is 0. The Balaban J connectivity index is 0. The molecular weight excluding hydrogens is 328 g/mol. The second-order valence-corrected chi connectivity index (χ2v) is 4.68. The molecule has 0 bridgehead atoms. The van der Waals surface area contributed by atoms with Gasteiger partial charge in [0.15, 0.2) is 0 Å². The van der Waals surface area contributed by atoms with Crippen LogP contribution in [0.2, 0.25) is 0 Å². The summed E-state index contributed by atoms with van der Waals surface area (Å²) in [4.78, 5) is 0. The Morgan fingerprint density at radius 1 is 0.900 bits per heavy atom. The molecular formula is H2CdCr2O7. The van der Waals surface area contributed by atoms with Crippen LogP contribution in [0, 0.1) is 0 Å². The molecule has 0 saturated heterocycles. The maximum atomic E-state index is 9.53. The van der Waals surface area contributed by atoms with E-state index in [0.717, 1.165) is 0 Å². The summed E-state index contributed by atoms with van der Waals surface area (Å²) in [6.45, 7) is 0. The number of hydrogen-bond donors (Lipinski definition) is 2. The standard InChI is InChI=1S/Cd.2Cr.2H2O.5O/h;;;2*1H2;;;;;/q;2*+1;;;;;;;/p-2. The molecule has 0 rings (SSSR count). The molecule has 0 aliphatic carbocycles. The monoisotopic (exact) mass is 332 g/mol. The molecule has 58 valence electrons. The Labute approximate surface area is 80.3 Å². The first-order valence-corrected chi connectivity index (χ1v) is 5.63. The Morgan fingerprint density at radius 2 is 1.10 bits per heavy atom. The molecule has 10 heteroatoms. The third kappa shape index (κ3) is 11.8. The van der Waals surface area contributed by atoms with Crippen LogP contribution in [0.15, 0.2) is 0 Å². The number of hydrogen-bond acceptors (Lipinski definition) is 5. The Morgan fingerprint density at radius 3 is 1.10 bits per heavy atom. The van der Waals surface area contributed by atoms with E-state index in [-0.39, 0.29) is 27.3 Å². The van der Waals surface area contributed by atoms with Crippen molar-refractivity contribution in [1.29, 1.82) is 0 Å². The summed E-state index contributed by atoms with van der Waals surface area (Å²) < 4.78 is 56.3. The zero-order valence-corrected chi connectivity index (χ0v) is 11.0. The van der Waals surface area contributed by atoms with Crippen LogP contribution < -0.4 is 0 Å². The van der Waals surface area contributed by atoms with Gasteiger partial charge in [-0.1, -0.05) is 0 Å². The fraction of sp³-hybridized carbons (Fsp3) is 0. The molecule has 10 heavy (non-hydrogen) atoms. The first kappa shape index (κ1) is 13.6. The molecule has 0 aromatic carbocycles. The van der Waals surface area contributed by atoms with Crippen molar-refractivity contribution in [2.24, 2.45) is 0 Å². The average Bonchev–Trinajstić information content (AvgIpc) is 1.14. The van der Waals surface area contributed by atoms with E-state index in [9.17, 15) is 15.2 Å². The zero-order valence-electron chi connectivity index (χ0n) is 4.46. The van der Waals surface area contributed by atoms with Gasteiger partial charge in [0, 0.05) is 27.3 Å². The Bertz CT molecular complexity index is 237. The van der Waals surface area contributed by atoms with Gasteiger partial charge in [-0.15, -0.1) is 0 Å². The molecule has 0 heterocycles. The summed E-state index contributed by atoms with van der Waals surface area (Å²) in [6, 6.07) is 0. The van der Waals surface area contributed by atoms with Crippen molar-refractivity contribution in [1.82, 2.24) is 0 Å². The minimum absolute atomic E-state index is 0. The molecule has 2 N–H and O–H groups in total. The van der Waals surface area contributed by atoms with Gasteiger partial charge in [-0.3, -0.25) is 0 Å². The van der Waals surface area contributed by atoms with Gasteiger partial charge in [0.25, 0.3) is 0 Å². The van der Waals surface area contributed by atoms with E-state index in [4.69, 9.17) is 8.32 Å². The van der Waals surface area contributed by atoms with Crippen LogP contribution in [0.4, 0.5) is 0 Å². The average molecular weight is 330 g/mol. The van der Waals surface area contributed by atoms with E-state index in [0.29, 0.717) is 0 Å². The molecule has 0 aromatic rings. The van der Waals surface area contributed by atoms with E-state index < -0.39 is 27.2 Å². The molecule has 0 amide bonds. The van der Waals surface area contributed by atoms with Crippen LogP contribution in [0.1, 0.15) is 0 Å². The van der Waals surface area contributed by atoms with Crippen LogP contribution in [-0.2, 0) is 72.6 Å². The molecule has 0 spiro atoms. The van der Waals surface area contributed by atoms with Gasteiger partial charge < -0.3 is 0 Å². The number of rotatable bonds is 2. The van der Waals surface area contributed by atoms with Crippen LogP contribution >= 0.6 is 0 Å². The molecule has 0 radical (unpaired) electrons. The van der Waals surface area contributed by atoms with E-state index in [1.807, 2.05) is 0 Å². The Hall–Kier alpha value is 1.07. The summed E-state index contributed by atoms with van der Waals surface area (Å²) in [5, 5.41) is 0. The maximum absolute atomic E-state index is 9.53. The third-order valence-corrected chi connectivity index (χ3v) is 2.92. The van der Waals surface area contributed by atoms with Crippen molar-refractivity contribution in [3.63, 3.8) is 0 Å². The fourth-order valence-corrected chi connectivity index (χ4v) is 1.85. The first-order valence-electron chi connectivity index (χ1n) is 1.37. The van der Waals surface area contributed by atoms with Gasteiger partial charge in [-0.25, -0.2) is 0 Å². The molecule has 0 fully saturated rings.